The lowest BCUT2D eigenvalue weighted by Gasteiger charge is -2.10. The van der Waals surface area contributed by atoms with Gasteiger partial charge >= 0.3 is 0 Å². The van der Waals surface area contributed by atoms with Gasteiger partial charge < -0.3 is 5.73 Å². The fourth-order valence-corrected chi connectivity index (χ4v) is 2.81. The predicted octanol–water partition coefficient (Wildman–Crippen LogP) is 2.80. The first-order chi connectivity index (χ1) is 9.70. The van der Waals surface area contributed by atoms with Gasteiger partial charge in [0, 0.05) is 11.8 Å². The average molecular weight is 316 g/mol. The van der Waals surface area contributed by atoms with Crippen molar-refractivity contribution in [1.82, 2.24) is 0 Å². The number of hydrogen-bond acceptors (Lipinski definition) is 3. The van der Waals surface area contributed by atoms with Crippen LogP contribution in [0, 0.1) is 24.4 Å². The number of halogens is 3. The molecule has 0 heterocycles. The lowest BCUT2D eigenvalue weighted by molar-refractivity contribution is 0.553. The van der Waals surface area contributed by atoms with Gasteiger partial charge in [0.15, 0.2) is 0 Å². The summed E-state index contributed by atoms with van der Waals surface area (Å²) in [5, 5.41) is 0. The molecule has 0 aliphatic carbocycles. The Kier molecular flexibility index (Phi) is 3.82. The zero-order chi connectivity index (χ0) is 15.8. The van der Waals surface area contributed by atoms with Gasteiger partial charge in [-0.2, -0.15) is 0 Å². The predicted molar refractivity (Wildman–Crippen MR) is 72.7 cm³/mol. The third-order valence-corrected chi connectivity index (χ3v) is 4.15. The molecule has 0 amide bonds. The minimum Gasteiger partial charge on any atom is -0.396 e. The van der Waals surface area contributed by atoms with Crippen molar-refractivity contribution in [1.29, 1.82) is 0 Å². The van der Waals surface area contributed by atoms with E-state index in [2.05, 4.69) is 4.72 Å². The van der Waals surface area contributed by atoms with Crippen LogP contribution in [0.1, 0.15) is 5.56 Å². The molecule has 0 saturated carbocycles. The van der Waals surface area contributed by atoms with E-state index in [-0.39, 0.29) is 11.3 Å². The zero-order valence-electron chi connectivity index (χ0n) is 10.8. The van der Waals surface area contributed by atoms with E-state index in [1.54, 1.807) is 0 Å². The fraction of sp³-hybridized carbons (Fsp3) is 0.0769. The summed E-state index contributed by atoms with van der Waals surface area (Å²) in [6.45, 7) is 1.45. The number of nitrogens with one attached hydrogen (secondary N) is 1. The standard InChI is InChI=1S/C13H11F3N2O2S/c1-7-4-8(2-3-9(7)14)18-21(19,20)13-6-12(17)10(15)5-11(13)16/h2-6,18H,17H2,1H3. The highest BCUT2D eigenvalue weighted by Gasteiger charge is 2.21. The van der Waals surface area contributed by atoms with Crippen molar-refractivity contribution in [3.8, 4) is 0 Å². The van der Waals surface area contributed by atoms with Gasteiger partial charge in [0.25, 0.3) is 10.0 Å². The number of rotatable bonds is 3. The summed E-state index contributed by atoms with van der Waals surface area (Å²) in [7, 11) is -4.31. The van der Waals surface area contributed by atoms with Crippen LogP contribution in [0.4, 0.5) is 24.5 Å². The van der Waals surface area contributed by atoms with Gasteiger partial charge in [-0.15, -0.1) is 0 Å². The number of benzene rings is 2. The first-order valence-corrected chi connectivity index (χ1v) is 7.22. The second-order valence-corrected chi connectivity index (χ2v) is 6.02. The summed E-state index contributed by atoms with van der Waals surface area (Å²) < 4.78 is 66.0. The van der Waals surface area contributed by atoms with Gasteiger partial charge in [0.1, 0.15) is 22.3 Å². The first kappa shape index (κ1) is 15.2. The van der Waals surface area contributed by atoms with E-state index in [4.69, 9.17) is 5.73 Å². The minimum atomic E-state index is -4.31. The van der Waals surface area contributed by atoms with Gasteiger partial charge in [-0.3, -0.25) is 4.72 Å². The van der Waals surface area contributed by atoms with Crippen molar-refractivity contribution in [2.45, 2.75) is 11.8 Å². The molecule has 0 fully saturated rings. The number of nitrogen functional groups attached to an aromatic ring is 1. The molecule has 0 aliphatic heterocycles. The maximum Gasteiger partial charge on any atom is 0.264 e. The summed E-state index contributed by atoms with van der Waals surface area (Å²) in [4.78, 5) is -0.789. The monoisotopic (exact) mass is 316 g/mol. The highest BCUT2D eigenvalue weighted by molar-refractivity contribution is 7.92. The number of anilines is 2. The van der Waals surface area contributed by atoms with Crippen molar-refractivity contribution in [3.05, 3.63) is 53.3 Å². The van der Waals surface area contributed by atoms with Crippen molar-refractivity contribution >= 4 is 21.4 Å². The molecular weight excluding hydrogens is 305 g/mol. The van der Waals surface area contributed by atoms with Crippen LogP contribution < -0.4 is 10.5 Å². The molecule has 0 atom stereocenters. The van der Waals surface area contributed by atoms with Gasteiger partial charge in [-0.05, 0) is 36.8 Å². The number of sulfonamides is 1. The Morgan fingerprint density at radius 1 is 1.00 bits per heavy atom. The number of hydrogen-bond donors (Lipinski definition) is 2. The topological polar surface area (TPSA) is 72.2 Å². The summed E-state index contributed by atoms with van der Waals surface area (Å²) in [6, 6.07) is 4.58. The summed E-state index contributed by atoms with van der Waals surface area (Å²) in [6.07, 6.45) is 0. The van der Waals surface area contributed by atoms with Crippen LogP contribution in [0.5, 0.6) is 0 Å². The lowest BCUT2D eigenvalue weighted by Crippen LogP contribution is -2.15. The Labute approximate surface area is 119 Å². The first-order valence-electron chi connectivity index (χ1n) is 5.74. The van der Waals surface area contributed by atoms with Crippen LogP contribution in [0.15, 0.2) is 35.2 Å². The van der Waals surface area contributed by atoms with Crippen LogP contribution in [0.3, 0.4) is 0 Å². The minimum absolute atomic E-state index is 0.0520. The van der Waals surface area contributed by atoms with Crippen LogP contribution in [0.2, 0.25) is 0 Å². The average Bonchev–Trinajstić information content (AvgIpc) is 2.37. The molecule has 3 N–H and O–H groups in total. The molecule has 21 heavy (non-hydrogen) atoms. The second-order valence-electron chi connectivity index (χ2n) is 4.37. The summed E-state index contributed by atoms with van der Waals surface area (Å²) in [5.41, 5.74) is 5.02. The Morgan fingerprint density at radius 3 is 2.29 bits per heavy atom. The molecule has 4 nitrogen and oxygen atoms in total. The van der Waals surface area contributed by atoms with Crippen LogP contribution in [-0.2, 0) is 10.0 Å². The molecule has 0 radical (unpaired) electrons. The SMILES string of the molecule is Cc1cc(NS(=O)(=O)c2cc(N)c(F)cc2F)ccc1F. The summed E-state index contributed by atoms with van der Waals surface area (Å²) >= 11 is 0. The number of aryl methyl sites for hydroxylation is 1. The fourth-order valence-electron chi connectivity index (χ4n) is 1.67. The Hall–Kier alpha value is -2.22. The summed E-state index contributed by atoms with van der Waals surface area (Å²) in [5.74, 6) is -2.83. The molecule has 0 bridgehead atoms. The van der Waals surface area contributed by atoms with Gasteiger partial charge in [-0.1, -0.05) is 0 Å². The molecule has 0 unspecified atom stereocenters. The largest absolute Gasteiger partial charge is 0.396 e. The van der Waals surface area contributed by atoms with E-state index in [1.165, 1.54) is 19.1 Å². The van der Waals surface area contributed by atoms with E-state index in [0.29, 0.717) is 12.1 Å². The molecule has 112 valence electrons. The molecule has 0 saturated heterocycles. The third kappa shape index (κ3) is 3.10. The molecule has 2 aromatic rings. The van der Waals surface area contributed by atoms with Crippen molar-refractivity contribution in [2.24, 2.45) is 0 Å². The second kappa shape index (κ2) is 5.28. The van der Waals surface area contributed by atoms with Crippen LogP contribution in [0.25, 0.3) is 0 Å². The highest BCUT2D eigenvalue weighted by atomic mass is 32.2. The Bertz CT molecular complexity index is 807. The third-order valence-electron chi connectivity index (χ3n) is 2.75. The lowest BCUT2D eigenvalue weighted by atomic mass is 10.2. The molecule has 0 aromatic heterocycles. The highest BCUT2D eigenvalue weighted by Crippen LogP contribution is 2.24. The molecule has 0 aliphatic rings. The van der Waals surface area contributed by atoms with Crippen molar-refractivity contribution in [3.63, 3.8) is 0 Å². The molecule has 2 rings (SSSR count). The van der Waals surface area contributed by atoms with Gasteiger partial charge in [0.2, 0.25) is 0 Å². The smallest absolute Gasteiger partial charge is 0.264 e. The Balaban J connectivity index is 2.43. The molecule has 8 heteroatoms. The maximum atomic E-state index is 13.6. The van der Waals surface area contributed by atoms with Crippen molar-refractivity contribution < 1.29 is 21.6 Å². The van der Waals surface area contributed by atoms with E-state index in [1.807, 2.05) is 0 Å². The van der Waals surface area contributed by atoms with Crippen molar-refractivity contribution in [2.75, 3.05) is 10.5 Å². The maximum absolute atomic E-state index is 13.6. The van der Waals surface area contributed by atoms with E-state index < -0.39 is 38.1 Å². The van der Waals surface area contributed by atoms with E-state index in [0.717, 1.165) is 6.07 Å². The van der Waals surface area contributed by atoms with E-state index >= 15 is 0 Å². The van der Waals surface area contributed by atoms with E-state index in [9.17, 15) is 21.6 Å². The molecule has 0 spiro atoms. The Morgan fingerprint density at radius 2 is 1.67 bits per heavy atom. The van der Waals surface area contributed by atoms with Gasteiger partial charge in [-0.25, -0.2) is 21.6 Å². The quantitative estimate of drug-likeness (QED) is 0.855. The zero-order valence-corrected chi connectivity index (χ0v) is 11.6. The van der Waals surface area contributed by atoms with Crippen LogP contribution in [-0.4, -0.2) is 8.42 Å². The van der Waals surface area contributed by atoms with Crippen LogP contribution >= 0.6 is 0 Å². The number of nitrogens with two attached hydrogens (primary N) is 1. The molecule has 2 aromatic carbocycles. The normalized spacial score (nSPS) is 11.4. The van der Waals surface area contributed by atoms with Gasteiger partial charge in [0.05, 0.1) is 5.69 Å². The molecular formula is C13H11F3N2O2S.